The van der Waals surface area contributed by atoms with Gasteiger partial charge in [0.25, 0.3) is 10.0 Å². The van der Waals surface area contributed by atoms with Crippen LogP contribution in [0.3, 0.4) is 0 Å². The van der Waals surface area contributed by atoms with Crippen LogP contribution in [0.5, 0.6) is 0 Å². The van der Waals surface area contributed by atoms with E-state index in [1.165, 1.54) is 11.6 Å². The van der Waals surface area contributed by atoms with E-state index in [0.29, 0.717) is 11.2 Å². The first-order valence-corrected chi connectivity index (χ1v) is 8.41. The highest BCUT2D eigenvalue weighted by atomic mass is 32.2. The standard InChI is InChI=1S/C15H15N3O3S/c1-2-4-11-7-9-12(10-8-11)18-22(19,20)14-6-3-5-13-15(14)17-21-16-13/h3,5-10,18H,2,4H2,1H3. The van der Waals surface area contributed by atoms with Gasteiger partial charge in [0.1, 0.15) is 10.4 Å². The number of aryl methyl sites for hydroxylation is 1. The number of anilines is 1. The Morgan fingerprint density at radius 3 is 2.59 bits per heavy atom. The molecule has 1 aromatic heterocycles. The predicted molar refractivity (Wildman–Crippen MR) is 83.0 cm³/mol. The fraction of sp³-hybridized carbons (Fsp3) is 0.200. The number of sulfonamides is 1. The number of rotatable bonds is 5. The molecular weight excluding hydrogens is 302 g/mol. The highest BCUT2D eigenvalue weighted by Gasteiger charge is 2.20. The minimum Gasteiger partial charge on any atom is -0.280 e. The van der Waals surface area contributed by atoms with Crippen LogP contribution in [0.1, 0.15) is 18.9 Å². The largest absolute Gasteiger partial charge is 0.280 e. The van der Waals surface area contributed by atoms with Crippen molar-refractivity contribution >= 4 is 26.7 Å². The van der Waals surface area contributed by atoms with E-state index >= 15 is 0 Å². The molecule has 0 fully saturated rings. The van der Waals surface area contributed by atoms with Gasteiger partial charge >= 0.3 is 0 Å². The third kappa shape index (κ3) is 2.80. The van der Waals surface area contributed by atoms with Gasteiger partial charge in [-0.05, 0) is 46.6 Å². The molecule has 0 amide bonds. The molecule has 0 radical (unpaired) electrons. The fourth-order valence-electron chi connectivity index (χ4n) is 2.24. The first kappa shape index (κ1) is 14.5. The molecule has 0 saturated heterocycles. The second kappa shape index (κ2) is 5.76. The molecular formula is C15H15N3O3S. The topological polar surface area (TPSA) is 85.1 Å². The molecule has 3 rings (SSSR count). The molecule has 114 valence electrons. The van der Waals surface area contributed by atoms with Crippen LogP contribution in [0, 0.1) is 0 Å². The molecule has 22 heavy (non-hydrogen) atoms. The summed E-state index contributed by atoms with van der Waals surface area (Å²) in [5.41, 5.74) is 2.31. The summed E-state index contributed by atoms with van der Waals surface area (Å²) >= 11 is 0. The minimum absolute atomic E-state index is 0.0453. The number of fused-ring (bicyclic) bond motifs is 1. The Balaban J connectivity index is 1.91. The molecule has 0 unspecified atom stereocenters. The Morgan fingerprint density at radius 1 is 1.09 bits per heavy atom. The van der Waals surface area contributed by atoms with Crippen LogP contribution in [0.4, 0.5) is 5.69 Å². The molecule has 0 aliphatic heterocycles. The van der Waals surface area contributed by atoms with Crippen molar-refractivity contribution in [3.63, 3.8) is 0 Å². The van der Waals surface area contributed by atoms with Crippen molar-refractivity contribution in [2.75, 3.05) is 4.72 Å². The van der Waals surface area contributed by atoms with E-state index in [0.717, 1.165) is 12.8 Å². The van der Waals surface area contributed by atoms with Gasteiger partial charge in [0.05, 0.1) is 0 Å². The number of nitrogens with zero attached hydrogens (tertiary/aromatic N) is 2. The summed E-state index contributed by atoms with van der Waals surface area (Å²) in [6.07, 6.45) is 2.02. The maximum Gasteiger partial charge on any atom is 0.264 e. The molecule has 0 bridgehead atoms. The summed E-state index contributed by atoms with van der Waals surface area (Å²) in [4.78, 5) is 0.0453. The van der Waals surface area contributed by atoms with Crippen molar-refractivity contribution < 1.29 is 13.0 Å². The van der Waals surface area contributed by atoms with Crippen molar-refractivity contribution in [2.24, 2.45) is 0 Å². The second-order valence-electron chi connectivity index (χ2n) is 4.94. The van der Waals surface area contributed by atoms with Crippen molar-refractivity contribution in [3.8, 4) is 0 Å². The first-order valence-electron chi connectivity index (χ1n) is 6.93. The summed E-state index contributed by atoms with van der Waals surface area (Å²) in [5.74, 6) is 0. The summed E-state index contributed by atoms with van der Waals surface area (Å²) in [5, 5.41) is 7.31. The van der Waals surface area contributed by atoms with Gasteiger partial charge in [-0.15, -0.1) is 0 Å². The second-order valence-corrected chi connectivity index (χ2v) is 6.59. The van der Waals surface area contributed by atoms with Gasteiger partial charge in [-0.3, -0.25) is 4.72 Å². The predicted octanol–water partition coefficient (Wildman–Crippen LogP) is 2.98. The van der Waals surface area contributed by atoms with Gasteiger partial charge in [0, 0.05) is 5.69 Å². The molecule has 2 aromatic carbocycles. The summed E-state index contributed by atoms with van der Waals surface area (Å²) < 4.78 is 32.2. The summed E-state index contributed by atoms with van der Waals surface area (Å²) in [7, 11) is -3.75. The van der Waals surface area contributed by atoms with Gasteiger partial charge < -0.3 is 0 Å². The average Bonchev–Trinajstić information content (AvgIpc) is 2.97. The average molecular weight is 317 g/mol. The minimum atomic E-state index is -3.75. The van der Waals surface area contributed by atoms with Crippen LogP contribution < -0.4 is 4.72 Å². The number of benzene rings is 2. The third-order valence-electron chi connectivity index (χ3n) is 3.28. The first-order chi connectivity index (χ1) is 10.6. The van der Waals surface area contributed by atoms with E-state index in [4.69, 9.17) is 0 Å². The van der Waals surface area contributed by atoms with Crippen LogP contribution in [-0.4, -0.2) is 18.7 Å². The van der Waals surface area contributed by atoms with Crippen LogP contribution in [-0.2, 0) is 16.4 Å². The lowest BCUT2D eigenvalue weighted by Crippen LogP contribution is -2.13. The molecule has 6 nitrogen and oxygen atoms in total. The van der Waals surface area contributed by atoms with Crippen molar-refractivity contribution in [3.05, 3.63) is 48.0 Å². The van der Waals surface area contributed by atoms with Gasteiger partial charge in [-0.2, -0.15) is 0 Å². The van der Waals surface area contributed by atoms with Crippen LogP contribution in [0.25, 0.3) is 11.0 Å². The highest BCUT2D eigenvalue weighted by Crippen LogP contribution is 2.22. The van der Waals surface area contributed by atoms with E-state index in [9.17, 15) is 8.42 Å². The molecule has 0 atom stereocenters. The Morgan fingerprint density at radius 2 is 1.86 bits per heavy atom. The van der Waals surface area contributed by atoms with E-state index in [2.05, 4.69) is 26.6 Å². The number of hydrogen-bond donors (Lipinski definition) is 1. The maximum atomic E-state index is 12.5. The molecule has 0 saturated carbocycles. The van der Waals surface area contributed by atoms with Gasteiger partial charge in [-0.25, -0.2) is 13.0 Å². The molecule has 0 aliphatic rings. The monoisotopic (exact) mass is 317 g/mol. The summed E-state index contributed by atoms with van der Waals surface area (Å²) in [6.45, 7) is 2.10. The lowest BCUT2D eigenvalue weighted by molar-refractivity contribution is 0.315. The third-order valence-corrected chi connectivity index (χ3v) is 4.70. The number of hydrogen-bond acceptors (Lipinski definition) is 5. The Hall–Kier alpha value is -2.41. The van der Waals surface area contributed by atoms with Crippen molar-refractivity contribution in [1.82, 2.24) is 10.3 Å². The molecule has 1 heterocycles. The van der Waals surface area contributed by atoms with Gasteiger partial charge in [0.15, 0.2) is 5.52 Å². The molecule has 0 aliphatic carbocycles. The normalized spacial score (nSPS) is 11.7. The van der Waals surface area contributed by atoms with E-state index < -0.39 is 10.0 Å². The fourth-order valence-corrected chi connectivity index (χ4v) is 3.45. The zero-order chi connectivity index (χ0) is 15.6. The number of nitrogens with one attached hydrogen (secondary N) is 1. The lowest BCUT2D eigenvalue weighted by Gasteiger charge is -2.08. The smallest absolute Gasteiger partial charge is 0.264 e. The molecule has 3 aromatic rings. The molecule has 7 heteroatoms. The zero-order valence-corrected chi connectivity index (χ0v) is 12.8. The Kier molecular flexibility index (Phi) is 3.81. The lowest BCUT2D eigenvalue weighted by atomic mass is 10.1. The quantitative estimate of drug-likeness (QED) is 0.782. The Labute approximate surface area is 128 Å². The van der Waals surface area contributed by atoms with Crippen LogP contribution in [0.2, 0.25) is 0 Å². The van der Waals surface area contributed by atoms with E-state index in [1.54, 1.807) is 24.3 Å². The molecule has 0 spiro atoms. The number of aromatic nitrogens is 2. The van der Waals surface area contributed by atoms with E-state index in [1.807, 2.05) is 12.1 Å². The highest BCUT2D eigenvalue weighted by molar-refractivity contribution is 7.93. The summed E-state index contributed by atoms with van der Waals surface area (Å²) in [6, 6.07) is 12.1. The zero-order valence-electron chi connectivity index (χ0n) is 12.0. The molecule has 1 N–H and O–H groups in total. The van der Waals surface area contributed by atoms with Crippen molar-refractivity contribution in [2.45, 2.75) is 24.7 Å². The maximum absolute atomic E-state index is 12.5. The van der Waals surface area contributed by atoms with Crippen LogP contribution in [0.15, 0.2) is 52.0 Å². The van der Waals surface area contributed by atoms with Crippen molar-refractivity contribution in [1.29, 1.82) is 0 Å². The van der Waals surface area contributed by atoms with Gasteiger partial charge in [0.2, 0.25) is 0 Å². The SMILES string of the molecule is CCCc1ccc(NS(=O)(=O)c2cccc3nonc23)cc1. The van der Waals surface area contributed by atoms with Crippen LogP contribution >= 0.6 is 0 Å². The van der Waals surface area contributed by atoms with Gasteiger partial charge in [-0.1, -0.05) is 31.5 Å². The van der Waals surface area contributed by atoms with E-state index in [-0.39, 0.29) is 10.4 Å². The Bertz CT molecular complexity index is 886.